The second-order valence-corrected chi connectivity index (χ2v) is 4.40. The second kappa shape index (κ2) is 5.09. The van der Waals surface area contributed by atoms with Gasteiger partial charge in [-0.15, -0.1) is 0 Å². The molecule has 0 unspecified atom stereocenters. The average Bonchev–Trinajstić information content (AvgIpc) is 2.98. The molecule has 0 fully saturated rings. The van der Waals surface area contributed by atoms with Gasteiger partial charge < -0.3 is 15.0 Å². The molecular formula is C14H12N6O. The summed E-state index contributed by atoms with van der Waals surface area (Å²) >= 11 is 0. The number of fused-ring (bicyclic) bond motifs is 1. The van der Waals surface area contributed by atoms with Gasteiger partial charge in [-0.05, 0) is 24.6 Å². The van der Waals surface area contributed by atoms with E-state index in [1.165, 1.54) is 6.33 Å². The van der Waals surface area contributed by atoms with E-state index in [1.807, 2.05) is 13.0 Å². The van der Waals surface area contributed by atoms with Crippen molar-refractivity contribution in [2.24, 2.45) is 0 Å². The van der Waals surface area contributed by atoms with Crippen molar-refractivity contribution in [2.75, 3.05) is 12.4 Å². The highest BCUT2D eigenvalue weighted by molar-refractivity contribution is 5.77. The molecule has 0 aliphatic rings. The summed E-state index contributed by atoms with van der Waals surface area (Å²) in [5.41, 5.74) is 2.56. The molecule has 104 valence electrons. The highest BCUT2D eigenvalue weighted by Crippen LogP contribution is 2.29. The first-order valence-corrected chi connectivity index (χ1v) is 6.28. The number of aromatic amines is 1. The van der Waals surface area contributed by atoms with Gasteiger partial charge in [0.25, 0.3) is 5.88 Å². The van der Waals surface area contributed by atoms with Crippen molar-refractivity contribution >= 4 is 17.1 Å². The minimum absolute atomic E-state index is 0.361. The number of ether oxygens (including phenoxy) is 1. The van der Waals surface area contributed by atoms with E-state index in [0.29, 0.717) is 34.3 Å². The molecule has 0 amide bonds. The quantitative estimate of drug-likeness (QED) is 0.764. The molecule has 0 saturated heterocycles. The Labute approximate surface area is 120 Å². The van der Waals surface area contributed by atoms with Crippen LogP contribution in [0.25, 0.3) is 11.2 Å². The van der Waals surface area contributed by atoms with Gasteiger partial charge in [-0.1, -0.05) is 6.07 Å². The van der Waals surface area contributed by atoms with Gasteiger partial charge >= 0.3 is 0 Å². The summed E-state index contributed by atoms with van der Waals surface area (Å²) in [4.78, 5) is 15.6. The summed E-state index contributed by atoms with van der Waals surface area (Å²) < 4.78 is 5.85. The molecule has 3 rings (SSSR count). The molecule has 0 radical (unpaired) electrons. The Hall–Kier alpha value is -3.14. The van der Waals surface area contributed by atoms with Gasteiger partial charge in [0.15, 0.2) is 5.65 Å². The number of anilines is 1. The number of hydrogen-bond acceptors (Lipinski definition) is 6. The zero-order valence-electron chi connectivity index (χ0n) is 11.5. The summed E-state index contributed by atoms with van der Waals surface area (Å²) in [6.45, 7) is 1.90. The average molecular weight is 280 g/mol. The molecular weight excluding hydrogens is 268 g/mol. The first-order valence-electron chi connectivity index (χ1n) is 6.28. The number of nitrogens with zero attached hydrogens (tertiary/aromatic N) is 4. The lowest BCUT2D eigenvalue weighted by Crippen LogP contribution is -2.00. The normalized spacial score (nSPS) is 10.3. The number of aromatic nitrogens is 4. The first kappa shape index (κ1) is 12.9. The number of aryl methyl sites for hydroxylation is 1. The molecule has 1 aromatic carbocycles. The van der Waals surface area contributed by atoms with Gasteiger partial charge in [0.05, 0.1) is 18.0 Å². The third-order valence-corrected chi connectivity index (χ3v) is 3.00. The number of nitrogens with one attached hydrogen (secondary N) is 2. The maximum atomic E-state index is 8.98. The van der Waals surface area contributed by atoms with Crippen molar-refractivity contribution in [1.82, 2.24) is 19.9 Å². The maximum Gasteiger partial charge on any atom is 0.250 e. The topological polar surface area (TPSA) is 99.5 Å². The summed E-state index contributed by atoms with van der Waals surface area (Å²) in [5, 5.41) is 11.8. The lowest BCUT2D eigenvalue weighted by molar-refractivity contribution is 0.464. The van der Waals surface area contributed by atoms with Crippen LogP contribution in [0, 0.1) is 18.3 Å². The van der Waals surface area contributed by atoms with Crippen LogP contribution in [-0.4, -0.2) is 27.0 Å². The standard InChI is InChI=1S/C14H12N6O/c1-8-3-4-9(6-15)5-10(8)21-13-11-12(18-7-17-11)19-14(16-2)20-13/h3-5,7H,1-2H3,(H2,16,17,18,19,20). The first-order chi connectivity index (χ1) is 10.2. The van der Waals surface area contributed by atoms with Gasteiger partial charge in [0.2, 0.25) is 5.95 Å². The SMILES string of the molecule is CNc1nc(Oc2cc(C#N)ccc2C)c2[nH]cnc2n1. The predicted molar refractivity (Wildman–Crippen MR) is 77.2 cm³/mol. The van der Waals surface area contributed by atoms with E-state index in [2.05, 4.69) is 31.3 Å². The molecule has 0 atom stereocenters. The summed E-state index contributed by atoms with van der Waals surface area (Å²) in [6, 6.07) is 7.34. The number of benzene rings is 1. The molecule has 0 spiro atoms. The van der Waals surface area contributed by atoms with Crippen LogP contribution >= 0.6 is 0 Å². The van der Waals surface area contributed by atoms with E-state index in [0.717, 1.165) is 5.56 Å². The molecule has 21 heavy (non-hydrogen) atoms. The van der Waals surface area contributed by atoms with Crippen LogP contribution in [0.3, 0.4) is 0 Å². The number of imidazole rings is 1. The highest BCUT2D eigenvalue weighted by atomic mass is 16.5. The zero-order chi connectivity index (χ0) is 14.8. The van der Waals surface area contributed by atoms with E-state index >= 15 is 0 Å². The van der Waals surface area contributed by atoms with Crippen LogP contribution in [0.4, 0.5) is 5.95 Å². The van der Waals surface area contributed by atoms with E-state index in [1.54, 1.807) is 19.2 Å². The Morgan fingerprint density at radius 3 is 2.95 bits per heavy atom. The predicted octanol–water partition coefficient (Wildman–Crippen LogP) is 2.37. The van der Waals surface area contributed by atoms with E-state index in [-0.39, 0.29) is 0 Å². The fourth-order valence-electron chi connectivity index (χ4n) is 1.88. The van der Waals surface area contributed by atoms with E-state index in [4.69, 9.17) is 10.00 Å². The van der Waals surface area contributed by atoms with Crippen LogP contribution < -0.4 is 10.1 Å². The van der Waals surface area contributed by atoms with Crippen LogP contribution in [-0.2, 0) is 0 Å². The summed E-state index contributed by atoms with van der Waals surface area (Å²) in [5.74, 6) is 1.35. The van der Waals surface area contributed by atoms with Gasteiger partial charge in [0.1, 0.15) is 11.3 Å². The molecule has 7 heteroatoms. The van der Waals surface area contributed by atoms with Crippen molar-refractivity contribution in [1.29, 1.82) is 5.26 Å². The molecule has 2 heterocycles. The molecule has 3 aromatic rings. The zero-order valence-corrected chi connectivity index (χ0v) is 11.5. The van der Waals surface area contributed by atoms with E-state index in [9.17, 15) is 0 Å². The molecule has 0 saturated carbocycles. The Kier molecular flexibility index (Phi) is 3.12. The Morgan fingerprint density at radius 2 is 2.19 bits per heavy atom. The molecule has 0 bridgehead atoms. The number of rotatable bonds is 3. The third kappa shape index (κ3) is 2.34. The van der Waals surface area contributed by atoms with Crippen molar-refractivity contribution in [3.63, 3.8) is 0 Å². The lowest BCUT2D eigenvalue weighted by Gasteiger charge is -2.09. The number of hydrogen-bond donors (Lipinski definition) is 2. The monoisotopic (exact) mass is 280 g/mol. The fraction of sp³-hybridized carbons (Fsp3) is 0.143. The van der Waals surface area contributed by atoms with Gasteiger partial charge in [0, 0.05) is 7.05 Å². The molecule has 2 N–H and O–H groups in total. The van der Waals surface area contributed by atoms with Crippen molar-refractivity contribution in [3.8, 4) is 17.7 Å². The number of H-pyrrole nitrogens is 1. The van der Waals surface area contributed by atoms with Crippen molar-refractivity contribution in [2.45, 2.75) is 6.92 Å². The third-order valence-electron chi connectivity index (χ3n) is 3.00. The van der Waals surface area contributed by atoms with E-state index < -0.39 is 0 Å². The number of nitriles is 1. The Bertz CT molecular complexity index is 848. The fourth-order valence-corrected chi connectivity index (χ4v) is 1.88. The highest BCUT2D eigenvalue weighted by Gasteiger charge is 2.13. The van der Waals surface area contributed by atoms with Gasteiger partial charge in [-0.25, -0.2) is 4.98 Å². The molecule has 7 nitrogen and oxygen atoms in total. The van der Waals surface area contributed by atoms with Crippen LogP contribution in [0.5, 0.6) is 11.6 Å². The Morgan fingerprint density at radius 1 is 1.33 bits per heavy atom. The molecule has 2 aromatic heterocycles. The van der Waals surface area contributed by atoms with Gasteiger partial charge in [-0.3, -0.25) is 0 Å². The Balaban J connectivity index is 2.09. The summed E-state index contributed by atoms with van der Waals surface area (Å²) in [6.07, 6.45) is 1.53. The lowest BCUT2D eigenvalue weighted by atomic mass is 10.1. The van der Waals surface area contributed by atoms with Crippen LogP contribution in [0.15, 0.2) is 24.5 Å². The maximum absolute atomic E-state index is 8.98. The van der Waals surface area contributed by atoms with Crippen LogP contribution in [0.1, 0.15) is 11.1 Å². The smallest absolute Gasteiger partial charge is 0.250 e. The minimum atomic E-state index is 0.361. The summed E-state index contributed by atoms with van der Waals surface area (Å²) in [7, 11) is 1.72. The largest absolute Gasteiger partial charge is 0.437 e. The van der Waals surface area contributed by atoms with Gasteiger partial charge in [-0.2, -0.15) is 15.2 Å². The molecule has 0 aliphatic heterocycles. The van der Waals surface area contributed by atoms with Crippen LogP contribution in [0.2, 0.25) is 0 Å². The van der Waals surface area contributed by atoms with Crippen molar-refractivity contribution < 1.29 is 4.74 Å². The molecule has 0 aliphatic carbocycles. The van der Waals surface area contributed by atoms with Crippen molar-refractivity contribution in [3.05, 3.63) is 35.7 Å². The minimum Gasteiger partial charge on any atom is -0.437 e. The second-order valence-electron chi connectivity index (χ2n) is 4.40.